The lowest BCUT2D eigenvalue weighted by molar-refractivity contribution is 0.0988. The highest BCUT2D eigenvalue weighted by Gasteiger charge is 2.11. The SMILES string of the molecule is CC(=O)c1ccc(N(C)Cc2ccccc2Br)o1. The van der Waals surface area contributed by atoms with E-state index >= 15 is 0 Å². The van der Waals surface area contributed by atoms with Gasteiger partial charge in [-0.25, -0.2) is 0 Å². The van der Waals surface area contributed by atoms with E-state index in [1.807, 2.05) is 36.2 Å². The molecular weight excluding hydrogens is 294 g/mol. The minimum atomic E-state index is -0.0597. The van der Waals surface area contributed by atoms with Crippen LogP contribution in [0.4, 0.5) is 5.88 Å². The first kappa shape index (κ1) is 12.9. The van der Waals surface area contributed by atoms with Crippen molar-refractivity contribution in [1.82, 2.24) is 0 Å². The van der Waals surface area contributed by atoms with Gasteiger partial charge in [0, 0.05) is 31.1 Å². The average Bonchev–Trinajstić information content (AvgIpc) is 2.81. The van der Waals surface area contributed by atoms with Crippen molar-refractivity contribution in [3.63, 3.8) is 0 Å². The average molecular weight is 308 g/mol. The zero-order valence-corrected chi connectivity index (χ0v) is 11.9. The van der Waals surface area contributed by atoms with Crippen LogP contribution in [0, 0.1) is 0 Å². The molecule has 1 aromatic carbocycles. The maximum Gasteiger partial charge on any atom is 0.196 e. The summed E-state index contributed by atoms with van der Waals surface area (Å²) < 4.78 is 6.55. The second kappa shape index (κ2) is 5.40. The molecule has 4 heteroatoms. The number of furan rings is 1. The normalized spacial score (nSPS) is 10.4. The Morgan fingerprint density at radius 3 is 2.61 bits per heavy atom. The molecule has 3 nitrogen and oxygen atoms in total. The molecule has 0 unspecified atom stereocenters. The smallest absolute Gasteiger partial charge is 0.196 e. The maximum atomic E-state index is 11.2. The van der Waals surface area contributed by atoms with Crippen LogP contribution in [-0.4, -0.2) is 12.8 Å². The summed E-state index contributed by atoms with van der Waals surface area (Å²) in [5.41, 5.74) is 1.17. The van der Waals surface area contributed by atoms with Crippen LogP contribution < -0.4 is 4.90 Å². The molecule has 0 aliphatic carbocycles. The van der Waals surface area contributed by atoms with Crippen molar-refractivity contribution < 1.29 is 9.21 Å². The van der Waals surface area contributed by atoms with Crippen molar-refractivity contribution in [1.29, 1.82) is 0 Å². The Morgan fingerprint density at radius 1 is 1.28 bits per heavy atom. The quantitative estimate of drug-likeness (QED) is 0.804. The van der Waals surface area contributed by atoms with E-state index in [2.05, 4.69) is 22.0 Å². The lowest BCUT2D eigenvalue weighted by Crippen LogP contribution is -2.15. The molecule has 18 heavy (non-hydrogen) atoms. The number of hydrogen-bond acceptors (Lipinski definition) is 3. The van der Waals surface area contributed by atoms with Crippen LogP contribution in [-0.2, 0) is 6.54 Å². The van der Waals surface area contributed by atoms with Crippen molar-refractivity contribution in [2.75, 3.05) is 11.9 Å². The Morgan fingerprint density at radius 2 is 2.00 bits per heavy atom. The topological polar surface area (TPSA) is 33.5 Å². The number of anilines is 1. The molecule has 0 saturated carbocycles. The minimum absolute atomic E-state index is 0.0597. The molecule has 0 spiro atoms. The number of carbonyl (C=O) groups excluding carboxylic acids is 1. The van der Waals surface area contributed by atoms with Crippen LogP contribution in [0.25, 0.3) is 0 Å². The molecule has 0 N–H and O–H groups in total. The van der Waals surface area contributed by atoms with E-state index in [1.54, 1.807) is 6.07 Å². The predicted molar refractivity (Wildman–Crippen MR) is 75.0 cm³/mol. The van der Waals surface area contributed by atoms with Gasteiger partial charge in [-0.1, -0.05) is 34.1 Å². The van der Waals surface area contributed by atoms with Crippen LogP contribution in [0.15, 0.2) is 45.3 Å². The van der Waals surface area contributed by atoms with Gasteiger partial charge in [0.1, 0.15) is 0 Å². The fourth-order valence-corrected chi connectivity index (χ4v) is 2.09. The van der Waals surface area contributed by atoms with Gasteiger partial charge in [0.15, 0.2) is 17.4 Å². The van der Waals surface area contributed by atoms with Gasteiger partial charge in [-0.2, -0.15) is 0 Å². The molecule has 0 radical (unpaired) electrons. The molecular formula is C14H14BrNO2. The van der Waals surface area contributed by atoms with E-state index < -0.39 is 0 Å². The lowest BCUT2D eigenvalue weighted by atomic mass is 10.2. The highest BCUT2D eigenvalue weighted by Crippen LogP contribution is 2.22. The molecule has 1 aromatic heterocycles. The fraction of sp³-hybridized carbons (Fsp3) is 0.214. The summed E-state index contributed by atoms with van der Waals surface area (Å²) in [4.78, 5) is 13.1. The van der Waals surface area contributed by atoms with Crippen molar-refractivity contribution in [3.8, 4) is 0 Å². The van der Waals surface area contributed by atoms with Gasteiger partial charge in [0.25, 0.3) is 0 Å². The first-order chi connectivity index (χ1) is 8.58. The zero-order valence-electron chi connectivity index (χ0n) is 10.3. The van der Waals surface area contributed by atoms with Crippen molar-refractivity contribution >= 4 is 27.6 Å². The van der Waals surface area contributed by atoms with Crippen molar-refractivity contribution in [2.24, 2.45) is 0 Å². The molecule has 94 valence electrons. The fourth-order valence-electron chi connectivity index (χ4n) is 1.68. The Labute approximate surface area is 115 Å². The number of halogens is 1. The largest absolute Gasteiger partial charge is 0.437 e. The summed E-state index contributed by atoms with van der Waals surface area (Å²) >= 11 is 3.51. The van der Waals surface area contributed by atoms with Crippen molar-refractivity contribution in [3.05, 3.63) is 52.2 Å². The molecule has 0 fully saturated rings. The molecule has 0 aliphatic heterocycles. The van der Waals surface area contributed by atoms with Gasteiger partial charge < -0.3 is 9.32 Å². The van der Waals surface area contributed by atoms with Crippen LogP contribution in [0.5, 0.6) is 0 Å². The molecule has 1 heterocycles. The first-order valence-corrected chi connectivity index (χ1v) is 6.42. The van der Waals surface area contributed by atoms with E-state index in [-0.39, 0.29) is 5.78 Å². The second-order valence-electron chi connectivity index (χ2n) is 4.14. The summed E-state index contributed by atoms with van der Waals surface area (Å²) in [6.45, 7) is 2.21. The van der Waals surface area contributed by atoms with Gasteiger partial charge in [-0.3, -0.25) is 4.79 Å². The Hall–Kier alpha value is -1.55. The van der Waals surface area contributed by atoms with Crippen LogP contribution in [0.1, 0.15) is 23.0 Å². The van der Waals surface area contributed by atoms with Crippen molar-refractivity contribution in [2.45, 2.75) is 13.5 Å². The van der Waals surface area contributed by atoms with E-state index in [1.165, 1.54) is 12.5 Å². The maximum absolute atomic E-state index is 11.2. The van der Waals surface area contributed by atoms with Gasteiger partial charge in [0.05, 0.1) is 0 Å². The highest BCUT2D eigenvalue weighted by atomic mass is 79.9. The Bertz CT molecular complexity index is 562. The summed E-state index contributed by atoms with van der Waals surface area (Å²) in [6, 6.07) is 11.6. The minimum Gasteiger partial charge on any atom is -0.437 e. The number of nitrogens with zero attached hydrogens (tertiary/aromatic N) is 1. The van der Waals surface area contributed by atoms with E-state index in [9.17, 15) is 4.79 Å². The second-order valence-corrected chi connectivity index (χ2v) is 5.00. The first-order valence-electron chi connectivity index (χ1n) is 5.63. The molecule has 0 saturated heterocycles. The standard InChI is InChI=1S/C14H14BrNO2/c1-10(17)13-7-8-14(18-13)16(2)9-11-5-3-4-6-12(11)15/h3-8H,9H2,1-2H3. The molecule has 2 aromatic rings. The molecule has 2 rings (SSSR count). The van der Waals surface area contributed by atoms with E-state index in [0.29, 0.717) is 18.2 Å². The van der Waals surface area contributed by atoms with Crippen LogP contribution in [0.3, 0.4) is 0 Å². The van der Waals surface area contributed by atoms with Gasteiger partial charge in [-0.15, -0.1) is 0 Å². The van der Waals surface area contributed by atoms with E-state index in [4.69, 9.17) is 4.42 Å². The number of ketones is 1. The number of rotatable bonds is 4. The molecule has 0 amide bonds. The van der Waals surface area contributed by atoms with Crippen LogP contribution in [0.2, 0.25) is 0 Å². The highest BCUT2D eigenvalue weighted by molar-refractivity contribution is 9.10. The predicted octanol–water partition coefficient (Wildman–Crippen LogP) is 3.88. The summed E-state index contributed by atoms with van der Waals surface area (Å²) in [6.07, 6.45) is 0. The molecule has 0 bridgehead atoms. The number of carbonyl (C=O) groups is 1. The van der Waals surface area contributed by atoms with Gasteiger partial charge in [-0.05, 0) is 17.7 Å². The number of Topliss-reactive ketones (excluding diaryl/α,β-unsaturated/α-hetero) is 1. The third kappa shape index (κ3) is 2.82. The van der Waals surface area contributed by atoms with Crippen LogP contribution >= 0.6 is 15.9 Å². The number of benzene rings is 1. The summed E-state index contributed by atoms with van der Waals surface area (Å²) in [5.74, 6) is 1.02. The monoisotopic (exact) mass is 307 g/mol. The third-order valence-corrected chi connectivity index (χ3v) is 3.45. The lowest BCUT2D eigenvalue weighted by Gasteiger charge is -2.16. The van der Waals surface area contributed by atoms with Gasteiger partial charge in [0.2, 0.25) is 0 Å². The molecule has 0 atom stereocenters. The third-order valence-electron chi connectivity index (χ3n) is 2.68. The Kier molecular flexibility index (Phi) is 3.87. The molecule has 0 aliphatic rings. The Balaban J connectivity index is 2.14. The van der Waals surface area contributed by atoms with Gasteiger partial charge >= 0.3 is 0 Å². The van der Waals surface area contributed by atoms with E-state index in [0.717, 1.165) is 4.47 Å². The zero-order chi connectivity index (χ0) is 13.1. The number of hydrogen-bond donors (Lipinski definition) is 0. The summed E-state index contributed by atoms with van der Waals surface area (Å²) in [7, 11) is 1.93. The summed E-state index contributed by atoms with van der Waals surface area (Å²) in [5, 5.41) is 0.